The molecule has 1 saturated heterocycles. The molecule has 1 aliphatic rings. The van der Waals surface area contributed by atoms with Gasteiger partial charge in [0, 0.05) is 32.7 Å². The number of halogens is 1. The van der Waals surface area contributed by atoms with Crippen molar-refractivity contribution in [1.29, 1.82) is 0 Å². The molecule has 0 spiro atoms. The number of likely N-dealkylation sites (tertiary alicyclic amines) is 1. The summed E-state index contributed by atoms with van der Waals surface area (Å²) in [6.45, 7) is 13.7. The molecule has 142 valence electrons. The number of hydrogen-bond acceptors (Lipinski definition) is 3. The van der Waals surface area contributed by atoms with Gasteiger partial charge in [-0.3, -0.25) is 4.99 Å². The minimum absolute atomic E-state index is 0. The minimum atomic E-state index is -0.350. The molecule has 2 N–H and O–H groups in total. The van der Waals surface area contributed by atoms with Crippen molar-refractivity contribution in [1.82, 2.24) is 15.5 Å². The van der Waals surface area contributed by atoms with Crippen LogP contribution in [-0.4, -0.2) is 56.3 Å². The molecule has 24 heavy (non-hydrogen) atoms. The van der Waals surface area contributed by atoms with E-state index >= 15 is 0 Å². The van der Waals surface area contributed by atoms with Gasteiger partial charge in [-0.15, -0.1) is 24.0 Å². The number of carbonyl (C=O) groups is 1. The first kappa shape index (κ1) is 23.3. The van der Waals surface area contributed by atoms with Gasteiger partial charge in [-0.1, -0.05) is 27.7 Å². The van der Waals surface area contributed by atoms with Crippen molar-refractivity contribution in [2.24, 2.45) is 16.3 Å². The van der Waals surface area contributed by atoms with Gasteiger partial charge < -0.3 is 20.3 Å². The van der Waals surface area contributed by atoms with Gasteiger partial charge >= 0.3 is 6.09 Å². The molecule has 1 atom stereocenters. The molecule has 0 aromatic heterocycles. The van der Waals surface area contributed by atoms with Gasteiger partial charge in [-0.2, -0.15) is 0 Å². The Balaban J connectivity index is 0.00000529. The molecule has 7 heteroatoms. The van der Waals surface area contributed by atoms with Crippen LogP contribution in [0, 0.1) is 11.3 Å². The molecule has 1 unspecified atom stereocenters. The Bertz CT molecular complexity index is 413. The Labute approximate surface area is 164 Å². The van der Waals surface area contributed by atoms with Crippen LogP contribution in [-0.2, 0) is 4.74 Å². The Hall–Kier alpha value is -0.730. The highest BCUT2D eigenvalue weighted by atomic mass is 127. The Kier molecular flexibility index (Phi) is 10.7. The summed E-state index contributed by atoms with van der Waals surface area (Å²) in [5.74, 6) is 1.41. The van der Waals surface area contributed by atoms with Gasteiger partial charge in [0.1, 0.15) is 0 Å². The lowest BCUT2D eigenvalue weighted by Gasteiger charge is -2.26. The van der Waals surface area contributed by atoms with E-state index in [1.807, 2.05) is 14.0 Å². The second kappa shape index (κ2) is 11.0. The van der Waals surface area contributed by atoms with Gasteiger partial charge in [-0.25, -0.2) is 4.79 Å². The average molecular weight is 454 g/mol. The maximum absolute atomic E-state index is 11.7. The van der Waals surface area contributed by atoms with Crippen LogP contribution in [0.1, 0.15) is 47.5 Å². The minimum Gasteiger partial charge on any atom is -0.450 e. The number of carbonyl (C=O) groups excluding carboxylic acids is 1. The van der Waals surface area contributed by atoms with Crippen LogP contribution in [0.15, 0.2) is 4.99 Å². The predicted octanol–water partition coefficient (Wildman–Crippen LogP) is 3.07. The molecule has 1 amide bonds. The first-order chi connectivity index (χ1) is 10.8. The summed E-state index contributed by atoms with van der Waals surface area (Å²) >= 11 is 0. The third kappa shape index (κ3) is 8.39. The van der Waals surface area contributed by atoms with E-state index < -0.39 is 0 Å². The third-order valence-electron chi connectivity index (χ3n) is 4.05. The zero-order valence-corrected chi connectivity index (χ0v) is 18.3. The van der Waals surface area contributed by atoms with E-state index in [9.17, 15) is 4.79 Å². The van der Waals surface area contributed by atoms with Gasteiger partial charge in [0.15, 0.2) is 5.96 Å². The average Bonchev–Trinajstić information content (AvgIpc) is 2.79. The number of hydrogen-bond donors (Lipinski definition) is 2. The second-order valence-electron chi connectivity index (χ2n) is 7.46. The van der Waals surface area contributed by atoms with Crippen molar-refractivity contribution < 1.29 is 9.53 Å². The van der Waals surface area contributed by atoms with Crippen LogP contribution >= 0.6 is 24.0 Å². The second-order valence-corrected chi connectivity index (χ2v) is 7.46. The Morgan fingerprint density at radius 1 is 1.38 bits per heavy atom. The molecule has 1 rings (SSSR count). The summed E-state index contributed by atoms with van der Waals surface area (Å²) in [6.07, 6.45) is 1.72. The SMILES string of the molecule is CCOC(=O)NC(CNC(=NC)N1CCC(C)(C)C1)CC(C)C.I. The van der Waals surface area contributed by atoms with Crippen LogP contribution in [0.2, 0.25) is 0 Å². The number of alkyl carbamates (subject to hydrolysis) is 1. The number of nitrogens with one attached hydrogen (secondary N) is 2. The van der Waals surface area contributed by atoms with Crippen molar-refractivity contribution in [2.75, 3.05) is 33.3 Å². The topological polar surface area (TPSA) is 66.0 Å². The molecule has 0 aromatic carbocycles. The number of guanidine groups is 1. The number of rotatable bonds is 6. The lowest BCUT2D eigenvalue weighted by Crippen LogP contribution is -2.48. The molecular formula is C17H35IN4O2. The molecule has 0 aromatic rings. The van der Waals surface area contributed by atoms with E-state index in [1.165, 1.54) is 6.42 Å². The maximum Gasteiger partial charge on any atom is 0.407 e. The number of amides is 1. The van der Waals surface area contributed by atoms with Crippen LogP contribution in [0.4, 0.5) is 4.79 Å². The van der Waals surface area contributed by atoms with E-state index in [-0.39, 0.29) is 36.1 Å². The van der Waals surface area contributed by atoms with E-state index in [1.54, 1.807) is 0 Å². The smallest absolute Gasteiger partial charge is 0.407 e. The first-order valence-electron chi connectivity index (χ1n) is 8.66. The molecule has 0 radical (unpaired) electrons. The zero-order chi connectivity index (χ0) is 17.5. The van der Waals surface area contributed by atoms with Crippen molar-refractivity contribution in [3.63, 3.8) is 0 Å². The fraction of sp³-hybridized carbons (Fsp3) is 0.882. The standard InChI is InChI=1S/C17H34N4O2.HI/c1-7-23-16(22)20-14(10-13(2)3)11-19-15(18-6)21-9-8-17(4,5)12-21;/h13-14H,7-12H2,1-6H3,(H,18,19)(H,20,22);1H. The zero-order valence-electron chi connectivity index (χ0n) is 16.0. The highest BCUT2D eigenvalue weighted by Crippen LogP contribution is 2.28. The van der Waals surface area contributed by atoms with Gasteiger partial charge in [-0.05, 0) is 31.1 Å². The number of aliphatic imine (C=N–C) groups is 1. The number of nitrogens with zero attached hydrogens (tertiary/aromatic N) is 2. The fourth-order valence-electron chi connectivity index (χ4n) is 2.94. The normalized spacial score (nSPS) is 18.1. The molecule has 6 nitrogen and oxygen atoms in total. The van der Waals surface area contributed by atoms with Crippen molar-refractivity contribution in [3.8, 4) is 0 Å². The Morgan fingerprint density at radius 2 is 2.04 bits per heavy atom. The third-order valence-corrected chi connectivity index (χ3v) is 4.05. The fourth-order valence-corrected chi connectivity index (χ4v) is 2.94. The monoisotopic (exact) mass is 454 g/mol. The lowest BCUT2D eigenvalue weighted by molar-refractivity contribution is 0.146. The molecule has 1 fully saturated rings. The molecule has 0 aliphatic carbocycles. The van der Waals surface area contributed by atoms with Gasteiger partial charge in [0.2, 0.25) is 0 Å². The van der Waals surface area contributed by atoms with Gasteiger partial charge in [0.25, 0.3) is 0 Å². The van der Waals surface area contributed by atoms with Crippen LogP contribution < -0.4 is 10.6 Å². The molecule has 0 saturated carbocycles. The van der Waals surface area contributed by atoms with Crippen LogP contribution in [0.5, 0.6) is 0 Å². The molecular weight excluding hydrogens is 419 g/mol. The summed E-state index contributed by atoms with van der Waals surface area (Å²) in [6, 6.07) is 0.0291. The number of ether oxygens (including phenoxy) is 1. The molecule has 1 heterocycles. The highest BCUT2D eigenvalue weighted by molar-refractivity contribution is 14.0. The summed E-state index contributed by atoms with van der Waals surface area (Å²) in [4.78, 5) is 18.4. The summed E-state index contributed by atoms with van der Waals surface area (Å²) in [7, 11) is 1.81. The van der Waals surface area contributed by atoms with Crippen LogP contribution in [0.3, 0.4) is 0 Å². The summed E-state index contributed by atoms with van der Waals surface area (Å²) in [5, 5.41) is 6.35. The van der Waals surface area contributed by atoms with E-state index in [4.69, 9.17) is 4.74 Å². The summed E-state index contributed by atoms with van der Waals surface area (Å²) in [5.41, 5.74) is 0.331. The molecule has 0 bridgehead atoms. The van der Waals surface area contributed by atoms with Crippen molar-refractivity contribution in [3.05, 3.63) is 0 Å². The lowest BCUT2D eigenvalue weighted by atomic mass is 9.93. The highest BCUT2D eigenvalue weighted by Gasteiger charge is 2.31. The van der Waals surface area contributed by atoms with E-state index in [2.05, 4.69) is 48.2 Å². The Morgan fingerprint density at radius 3 is 2.50 bits per heavy atom. The molecule has 1 aliphatic heterocycles. The van der Waals surface area contributed by atoms with Crippen molar-refractivity contribution >= 4 is 36.0 Å². The van der Waals surface area contributed by atoms with E-state index in [0.717, 1.165) is 25.5 Å². The van der Waals surface area contributed by atoms with E-state index in [0.29, 0.717) is 24.5 Å². The summed E-state index contributed by atoms with van der Waals surface area (Å²) < 4.78 is 5.00. The van der Waals surface area contributed by atoms with Crippen molar-refractivity contribution in [2.45, 2.75) is 53.5 Å². The van der Waals surface area contributed by atoms with Gasteiger partial charge in [0.05, 0.1) is 6.61 Å². The first-order valence-corrected chi connectivity index (χ1v) is 8.66. The predicted molar refractivity (Wildman–Crippen MR) is 110 cm³/mol. The quantitative estimate of drug-likeness (QED) is 0.368. The maximum atomic E-state index is 11.7. The largest absolute Gasteiger partial charge is 0.450 e. The van der Waals surface area contributed by atoms with Crippen LogP contribution in [0.25, 0.3) is 0 Å².